The van der Waals surface area contributed by atoms with Crippen LogP contribution in [0.5, 0.6) is 0 Å². The molecular weight excluding hydrogens is 328 g/mol. The summed E-state index contributed by atoms with van der Waals surface area (Å²) in [5, 5.41) is 4.63. The fourth-order valence-corrected chi connectivity index (χ4v) is 3.72. The quantitative estimate of drug-likeness (QED) is 0.796. The van der Waals surface area contributed by atoms with Crippen LogP contribution in [0.3, 0.4) is 0 Å². The van der Waals surface area contributed by atoms with E-state index in [1.54, 1.807) is 10.7 Å². The highest BCUT2D eigenvalue weighted by atomic mass is 16.5. The summed E-state index contributed by atoms with van der Waals surface area (Å²) in [6, 6.07) is 3.54. The van der Waals surface area contributed by atoms with Crippen molar-refractivity contribution in [3.63, 3.8) is 0 Å². The highest BCUT2D eigenvalue weighted by Gasteiger charge is 2.22. The van der Waals surface area contributed by atoms with Gasteiger partial charge in [-0.25, -0.2) is 4.68 Å². The van der Waals surface area contributed by atoms with Gasteiger partial charge in [-0.15, -0.1) is 0 Å². The Morgan fingerprint density at radius 1 is 1.04 bits per heavy atom. The Morgan fingerprint density at radius 3 is 2.27 bits per heavy atom. The minimum atomic E-state index is -0.0295. The van der Waals surface area contributed by atoms with Crippen molar-refractivity contribution in [3.8, 4) is 0 Å². The molecule has 2 fully saturated rings. The summed E-state index contributed by atoms with van der Waals surface area (Å²) in [5.41, 5.74) is 0.978. The molecule has 0 atom stereocenters. The fourth-order valence-electron chi connectivity index (χ4n) is 3.72. The third-order valence-corrected chi connectivity index (χ3v) is 5.61. The largest absolute Gasteiger partial charge is 0.379 e. The topological polar surface area (TPSA) is 50.6 Å². The molecule has 6 heteroatoms. The van der Waals surface area contributed by atoms with Crippen LogP contribution in [0.1, 0.15) is 39.3 Å². The molecule has 0 bridgehead atoms. The van der Waals surface area contributed by atoms with E-state index >= 15 is 0 Å². The van der Waals surface area contributed by atoms with Gasteiger partial charge in [0.25, 0.3) is 5.56 Å². The number of hydrogen-bond acceptors (Lipinski definition) is 5. The fraction of sp³-hybridized carbons (Fsp3) is 0.800. The van der Waals surface area contributed by atoms with Crippen molar-refractivity contribution in [1.82, 2.24) is 19.6 Å². The second-order valence-corrected chi connectivity index (χ2v) is 8.73. The van der Waals surface area contributed by atoms with Gasteiger partial charge in [0.15, 0.2) is 0 Å². The van der Waals surface area contributed by atoms with Gasteiger partial charge in [0.1, 0.15) is 0 Å². The van der Waals surface area contributed by atoms with E-state index in [4.69, 9.17) is 4.74 Å². The molecule has 2 saturated heterocycles. The summed E-state index contributed by atoms with van der Waals surface area (Å²) in [4.78, 5) is 17.2. The lowest BCUT2D eigenvalue weighted by atomic mass is 9.92. The van der Waals surface area contributed by atoms with E-state index in [9.17, 15) is 4.79 Å². The number of morpholine rings is 1. The standard InChI is InChI=1S/C20H34N4O2/c1-20(2,3)18-4-5-19(25)24(21-18)16-17-6-8-22(9-7-17)10-11-23-12-14-26-15-13-23/h4-5,17H,6-16H2,1-3H3. The first-order valence-electron chi connectivity index (χ1n) is 10.0. The first-order chi connectivity index (χ1) is 12.4. The summed E-state index contributed by atoms with van der Waals surface area (Å²) >= 11 is 0. The van der Waals surface area contributed by atoms with Crippen LogP contribution in [0.2, 0.25) is 0 Å². The lowest BCUT2D eigenvalue weighted by molar-refractivity contribution is 0.0311. The molecule has 3 rings (SSSR count). The van der Waals surface area contributed by atoms with Crippen molar-refractivity contribution in [2.75, 3.05) is 52.5 Å². The minimum Gasteiger partial charge on any atom is -0.379 e. The van der Waals surface area contributed by atoms with Gasteiger partial charge in [-0.3, -0.25) is 9.69 Å². The zero-order chi connectivity index (χ0) is 18.6. The Hall–Kier alpha value is -1.24. The lowest BCUT2D eigenvalue weighted by Gasteiger charge is -2.34. The van der Waals surface area contributed by atoms with Gasteiger partial charge < -0.3 is 9.64 Å². The predicted octanol–water partition coefficient (Wildman–Crippen LogP) is 1.59. The lowest BCUT2D eigenvalue weighted by Crippen LogP contribution is -2.44. The molecule has 0 aromatic carbocycles. The van der Waals surface area contributed by atoms with E-state index in [1.165, 1.54) is 0 Å². The molecule has 0 radical (unpaired) electrons. The maximum atomic E-state index is 12.2. The highest BCUT2D eigenvalue weighted by Crippen LogP contribution is 2.20. The number of nitrogens with zero attached hydrogens (tertiary/aromatic N) is 4. The Labute approximate surface area is 157 Å². The molecule has 0 spiro atoms. The number of likely N-dealkylation sites (tertiary alicyclic amines) is 1. The first-order valence-corrected chi connectivity index (χ1v) is 10.0. The molecule has 3 heterocycles. The molecule has 0 aliphatic carbocycles. The van der Waals surface area contributed by atoms with Crippen molar-refractivity contribution in [1.29, 1.82) is 0 Å². The molecule has 0 saturated carbocycles. The molecule has 0 unspecified atom stereocenters. The summed E-state index contributed by atoms with van der Waals surface area (Å²) < 4.78 is 7.10. The molecule has 6 nitrogen and oxygen atoms in total. The second kappa shape index (κ2) is 8.63. The number of ether oxygens (including phenoxy) is 1. The van der Waals surface area contributed by atoms with Gasteiger partial charge >= 0.3 is 0 Å². The van der Waals surface area contributed by atoms with Gasteiger partial charge in [-0.1, -0.05) is 20.8 Å². The third kappa shape index (κ3) is 5.38. The molecule has 0 N–H and O–H groups in total. The van der Waals surface area contributed by atoms with Crippen molar-refractivity contribution in [3.05, 3.63) is 28.2 Å². The first kappa shape index (κ1) is 19.5. The summed E-state index contributed by atoms with van der Waals surface area (Å²) in [7, 11) is 0. The van der Waals surface area contributed by atoms with E-state index < -0.39 is 0 Å². The third-order valence-electron chi connectivity index (χ3n) is 5.61. The zero-order valence-corrected chi connectivity index (χ0v) is 16.6. The van der Waals surface area contributed by atoms with Crippen molar-refractivity contribution >= 4 is 0 Å². The van der Waals surface area contributed by atoms with Crippen LogP contribution in [-0.2, 0) is 16.7 Å². The summed E-state index contributed by atoms with van der Waals surface area (Å²) in [6.45, 7) is 15.6. The van der Waals surface area contributed by atoms with Crippen LogP contribution in [0, 0.1) is 5.92 Å². The second-order valence-electron chi connectivity index (χ2n) is 8.73. The van der Waals surface area contributed by atoms with Crippen LogP contribution in [0.15, 0.2) is 16.9 Å². The number of piperidine rings is 1. The molecule has 0 amide bonds. The maximum absolute atomic E-state index is 12.2. The van der Waals surface area contributed by atoms with E-state index in [-0.39, 0.29) is 11.0 Å². The van der Waals surface area contributed by atoms with Crippen molar-refractivity contribution in [2.45, 2.75) is 45.6 Å². The van der Waals surface area contributed by atoms with Gasteiger partial charge in [0.2, 0.25) is 0 Å². The summed E-state index contributed by atoms with van der Waals surface area (Å²) in [5.74, 6) is 0.551. The molecular formula is C20H34N4O2. The van der Waals surface area contributed by atoms with Crippen molar-refractivity contribution in [2.24, 2.45) is 5.92 Å². The van der Waals surface area contributed by atoms with Gasteiger partial charge in [0, 0.05) is 44.2 Å². The van der Waals surface area contributed by atoms with Crippen LogP contribution < -0.4 is 5.56 Å². The molecule has 1 aromatic heterocycles. The van der Waals surface area contributed by atoms with Crippen LogP contribution >= 0.6 is 0 Å². The van der Waals surface area contributed by atoms with Crippen molar-refractivity contribution < 1.29 is 4.74 Å². The Balaban J connectivity index is 1.47. The SMILES string of the molecule is CC(C)(C)c1ccc(=O)n(CC2CCN(CCN3CCOCC3)CC2)n1. The normalized spacial score (nSPS) is 21.2. The molecule has 146 valence electrons. The van der Waals surface area contributed by atoms with Gasteiger partial charge in [0.05, 0.1) is 18.9 Å². The minimum absolute atomic E-state index is 0.0211. The van der Waals surface area contributed by atoms with Crippen LogP contribution in [0.4, 0.5) is 0 Å². The molecule has 2 aliphatic heterocycles. The van der Waals surface area contributed by atoms with Crippen LogP contribution in [-0.4, -0.2) is 72.1 Å². The molecule has 26 heavy (non-hydrogen) atoms. The number of rotatable bonds is 5. The van der Waals surface area contributed by atoms with E-state index in [0.717, 1.165) is 77.6 Å². The van der Waals surface area contributed by atoms with Gasteiger partial charge in [-0.2, -0.15) is 5.10 Å². The average Bonchev–Trinajstić information content (AvgIpc) is 2.63. The Bertz CT molecular complexity index is 623. The van der Waals surface area contributed by atoms with E-state index in [2.05, 4.69) is 35.7 Å². The zero-order valence-electron chi connectivity index (χ0n) is 16.6. The van der Waals surface area contributed by atoms with Crippen LogP contribution in [0.25, 0.3) is 0 Å². The number of hydrogen-bond donors (Lipinski definition) is 0. The average molecular weight is 363 g/mol. The van der Waals surface area contributed by atoms with Gasteiger partial charge in [-0.05, 0) is 37.9 Å². The predicted molar refractivity (Wildman–Crippen MR) is 104 cm³/mol. The maximum Gasteiger partial charge on any atom is 0.266 e. The monoisotopic (exact) mass is 362 g/mol. The smallest absolute Gasteiger partial charge is 0.266 e. The molecule has 2 aliphatic rings. The summed E-state index contributed by atoms with van der Waals surface area (Å²) in [6.07, 6.45) is 2.30. The van der Waals surface area contributed by atoms with E-state index in [0.29, 0.717) is 5.92 Å². The highest BCUT2D eigenvalue weighted by molar-refractivity contribution is 5.10. The Kier molecular flexibility index (Phi) is 6.48. The molecule has 1 aromatic rings. The number of aromatic nitrogens is 2. The van der Waals surface area contributed by atoms with E-state index in [1.807, 2.05) is 6.07 Å². The Morgan fingerprint density at radius 2 is 1.65 bits per heavy atom.